The largest absolute Gasteiger partial charge is 0.495 e. The maximum absolute atomic E-state index is 11.3. The number of benzene rings is 1. The molecule has 0 aliphatic heterocycles. The summed E-state index contributed by atoms with van der Waals surface area (Å²) in [6.45, 7) is 2.08. The monoisotopic (exact) mass is 224 g/mol. The van der Waals surface area contributed by atoms with Crippen LogP contribution in [0, 0.1) is 0 Å². The number of rotatable bonds is 4. The van der Waals surface area contributed by atoms with Gasteiger partial charge in [-0.05, 0) is 19.1 Å². The maximum Gasteiger partial charge on any atom is 0.310 e. The van der Waals surface area contributed by atoms with E-state index in [1.165, 1.54) is 7.11 Å². The minimum absolute atomic E-state index is 0.0582. The zero-order valence-corrected chi connectivity index (χ0v) is 9.45. The number of hydrogen-bond donors (Lipinski definition) is 2. The third-order valence-electron chi connectivity index (χ3n) is 2.20. The van der Waals surface area contributed by atoms with Crippen molar-refractivity contribution in [2.75, 3.05) is 25.2 Å². The van der Waals surface area contributed by atoms with Gasteiger partial charge in [-0.3, -0.25) is 4.79 Å². The number of carbonyl (C=O) groups excluding carboxylic acids is 1. The van der Waals surface area contributed by atoms with Crippen LogP contribution in [0.25, 0.3) is 0 Å². The Kier molecular flexibility index (Phi) is 3.99. The molecule has 0 unspecified atom stereocenters. The van der Waals surface area contributed by atoms with Crippen LogP contribution in [0.2, 0.25) is 0 Å². The molecule has 88 valence electrons. The lowest BCUT2D eigenvalue weighted by molar-refractivity contribution is -0.142. The van der Waals surface area contributed by atoms with E-state index in [2.05, 4.69) is 0 Å². The Morgan fingerprint density at radius 1 is 1.38 bits per heavy atom. The molecule has 0 fully saturated rings. The molecule has 0 amide bonds. The number of nitrogens with two attached hydrogens (primary N) is 2. The lowest BCUT2D eigenvalue weighted by Crippen LogP contribution is -2.11. The van der Waals surface area contributed by atoms with Gasteiger partial charge in [0, 0.05) is 11.3 Å². The molecule has 1 aromatic carbocycles. The van der Waals surface area contributed by atoms with Crippen LogP contribution in [0.15, 0.2) is 12.1 Å². The molecule has 0 aliphatic carbocycles. The molecule has 5 nitrogen and oxygen atoms in total. The van der Waals surface area contributed by atoms with Crippen LogP contribution in [-0.2, 0) is 16.0 Å². The molecule has 0 spiro atoms. The second-order valence-corrected chi connectivity index (χ2v) is 3.23. The standard InChI is InChI=1S/C11H16N2O3/c1-3-16-10(14)6-7-8(12)4-5-9(15-2)11(7)13/h4-5H,3,6,12-13H2,1-2H3. The number of esters is 1. The quantitative estimate of drug-likeness (QED) is 0.587. The van der Waals surface area contributed by atoms with E-state index in [0.717, 1.165) is 0 Å². The van der Waals surface area contributed by atoms with Crippen molar-refractivity contribution in [2.24, 2.45) is 0 Å². The smallest absolute Gasteiger partial charge is 0.310 e. The lowest BCUT2D eigenvalue weighted by Gasteiger charge is -2.12. The Labute approximate surface area is 94.3 Å². The van der Waals surface area contributed by atoms with Crippen LogP contribution in [0.4, 0.5) is 11.4 Å². The van der Waals surface area contributed by atoms with Crippen molar-refractivity contribution in [3.8, 4) is 5.75 Å². The van der Waals surface area contributed by atoms with Crippen LogP contribution in [-0.4, -0.2) is 19.7 Å². The summed E-state index contributed by atoms with van der Waals surface area (Å²) in [7, 11) is 1.51. The SMILES string of the molecule is CCOC(=O)Cc1c(N)ccc(OC)c1N. The van der Waals surface area contributed by atoms with Crippen molar-refractivity contribution in [3.05, 3.63) is 17.7 Å². The molecule has 5 heteroatoms. The molecule has 0 bridgehead atoms. The van der Waals surface area contributed by atoms with E-state index in [1.807, 2.05) is 0 Å². The van der Waals surface area contributed by atoms with Crippen LogP contribution < -0.4 is 16.2 Å². The summed E-state index contributed by atoms with van der Waals surface area (Å²) >= 11 is 0. The predicted octanol–water partition coefficient (Wildman–Crippen LogP) is 0.965. The highest BCUT2D eigenvalue weighted by Crippen LogP contribution is 2.30. The van der Waals surface area contributed by atoms with E-state index < -0.39 is 0 Å². The number of ether oxygens (including phenoxy) is 2. The van der Waals surface area contributed by atoms with Crippen molar-refractivity contribution in [1.82, 2.24) is 0 Å². The van der Waals surface area contributed by atoms with Gasteiger partial charge in [-0.15, -0.1) is 0 Å². The van der Waals surface area contributed by atoms with Gasteiger partial charge in [0.2, 0.25) is 0 Å². The number of methoxy groups -OCH3 is 1. The number of anilines is 2. The molecule has 0 radical (unpaired) electrons. The van der Waals surface area contributed by atoms with E-state index in [-0.39, 0.29) is 12.4 Å². The van der Waals surface area contributed by atoms with Crippen molar-refractivity contribution >= 4 is 17.3 Å². The molecule has 4 N–H and O–H groups in total. The molecule has 0 aliphatic rings. The van der Waals surface area contributed by atoms with Gasteiger partial charge in [-0.25, -0.2) is 0 Å². The van der Waals surface area contributed by atoms with Crippen LogP contribution in [0.3, 0.4) is 0 Å². The molecule has 0 heterocycles. The van der Waals surface area contributed by atoms with Gasteiger partial charge >= 0.3 is 5.97 Å². The molecule has 1 aromatic rings. The fourth-order valence-electron chi connectivity index (χ4n) is 1.39. The second-order valence-electron chi connectivity index (χ2n) is 3.23. The Morgan fingerprint density at radius 3 is 2.62 bits per heavy atom. The summed E-state index contributed by atoms with van der Waals surface area (Å²) < 4.78 is 9.89. The van der Waals surface area contributed by atoms with Crippen LogP contribution in [0.5, 0.6) is 5.75 Å². The van der Waals surface area contributed by atoms with Crippen molar-refractivity contribution in [2.45, 2.75) is 13.3 Å². The van der Waals surface area contributed by atoms with Gasteiger partial charge in [0.15, 0.2) is 0 Å². The van der Waals surface area contributed by atoms with Gasteiger partial charge in [0.05, 0.1) is 25.8 Å². The maximum atomic E-state index is 11.3. The molecule has 16 heavy (non-hydrogen) atoms. The Bertz CT molecular complexity index is 391. The summed E-state index contributed by atoms with van der Waals surface area (Å²) in [6.07, 6.45) is 0.0582. The third kappa shape index (κ3) is 2.56. The van der Waals surface area contributed by atoms with E-state index in [9.17, 15) is 4.79 Å². The lowest BCUT2D eigenvalue weighted by atomic mass is 10.1. The van der Waals surface area contributed by atoms with Crippen LogP contribution >= 0.6 is 0 Å². The van der Waals surface area contributed by atoms with Gasteiger partial charge in [0.1, 0.15) is 5.75 Å². The third-order valence-corrected chi connectivity index (χ3v) is 2.20. The Balaban J connectivity index is 2.98. The second kappa shape index (κ2) is 5.25. The first-order valence-electron chi connectivity index (χ1n) is 4.96. The van der Waals surface area contributed by atoms with E-state index in [0.29, 0.717) is 29.3 Å². The molecule has 0 aromatic heterocycles. The highest BCUT2D eigenvalue weighted by molar-refractivity contribution is 5.80. The summed E-state index contributed by atoms with van der Waals surface area (Å²) in [5.74, 6) is 0.155. The van der Waals surface area contributed by atoms with Crippen molar-refractivity contribution in [1.29, 1.82) is 0 Å². The van der Waals surface area contributed by atoms with Gasteiger partial charge in [-0.1, -0.05) is 0 Å². The average molecular weight is 224 g/mol. The zero-order valence-electron chi connectivity index (χ0n) is 9.45. The summed E-state index contributed by atoms with van der Waals surface area (Å²) in [5, 5.41) is 0. The van der Waals surface area contributed by atoms with Gasteiger partial charge in [0.25, 0.3) is 0 Å². The fourth-order valence-corrected chi connectivity index (χ4v) is 1.39. The minimum Gasteiger partial charge on any atom is -0.495 e. The molecule has 1 rings (SSSR count). The topological polar surface area (TPSA) is 87.6 Å². The normalized spacial score (nSPS) is 9.88. The first kappa shape index (κ1) is 12.2. The van der Waals surface area contributed by atoms with Gasteiger partial charge < -0.3 is 20.9 Å². The minimum atomic E-state index is -0.353. The summed E-state index contributed by atoms with van der Waals surface area (Å²) in [6, 6.07) is 3.32. The van der Waals surface area contributed by atoms with Gasteiger partial charge in [-0.2, -0.15) is 0 Å². The zero-order chi connectivity index (χ0) is 12.1. The first-order chi connectivity index (χ1) is 7.60. The molecule has 0 saturated carbocycles. The van der Waals surface area contributed by atoms with Crippen LogP contribution in [0.1, 0.15) is 12.5 Å². The first-order valence-corrected chi connectivity index (χ1v) is 4.96. The summed E-state index contributed by atoms with van der Waals surface area (Å²) in [5.41, 5.74) is 13.0. The molecule has 0 atom stereocenters. The predicted molar refractivity (Wildman–Crippen MR) is 62.2 cm³/mol. The molecule has 0 saturated heterocycles. The van der Waals surface area contributed by atoms with E-state index >= 15 is 0 Å². The molecular weight excluding hydrogens is 208 g/mol. The Morgan fingerprint density at radius 2 is 2.06 bits per heavy atom. The number of carbonyl (C=O) groups is 1. The fraction of sp³-hybridized carbons (Fsp3) is 0.364. The Hall–Kier alpha value is -1.91. The number of nitrogen functional groups attached to an aromatic ring is 2. The molecular formula is C11H16N2O3. The van der Waals surface area contributed by atoms with E-state index in [4.69, 9.17) is 20.9 Å². The van der Waals surface area contributed by atoms with Crippen molar-refractivity contribution in [3.63, 3.8) is 0 Å². The average Bonchev–Trinajstić information content (AvgIpc) is 2.25. The highest BCUT2D eigenvalue weighted by Gasteiger charge is 2.13. The number of hydrogen-bond acceptors (Lipinski definition) is 5. The highest BCUT2D eigenvalue weighted by atomic mass is 16.5. The summed E-state index contributed by atoms with van der Waals surface area (Å²) in [4.78, 5) is 11.3. The van der Waals surface area contributed by atoms with E-state index in [1.54, 1.807) is 19.1 Å². The van der Waals surface area contributed by atoms with Crippen molar-refractivity contribution < 1.29 is 14.3 Å².